The number of carboxylic acids is 1. The zero-order chi connectivity index (χ0) is 18.8. The third kappa shape index (κ3) is 4.46. The van der Waals surface area contributed by atoms with Gasteiger partial charge >= 0.3 is 12.1 Å². The van der Waals surface area contributed by atoms with Crippen molar-refractivity contribution in [3.63, 3.8) is 0 Å². The quantitative estimate of drug-likeness (QED) is 0.899. The van der Waals surface area contributed by atoms with Crippen LogP contribution in [-0.2, 0) is 16.0 Å². The largest absolute Gasteiger partial charge is 0.481 e. The Labute approximate surface area is 145 Å². The van der Waals surface area contributed by atoms with Crippen LogP contribution >= 0.6 is 0 Å². The molecule has 1 aliphatic rings. The van der Waals surface area contributed by atoms with Gasteiger partial charge in [0.15, 0.2) is 11.6 Å². The van der Waals surface area contributed by atoms with E-state index in [1.54, 1.807) is 20.8 Å². The normalized spacial score (nSPS) is 17.2. The van der Waals surface area contributed by atoms with Crippen molar-refractivity contribution < 1.29 is 28.2 Å². The number of carbonyl (C=O) groups is 2. The smallest absolute Gasteiger partial charge is 0.410 e. The number of rotatable bonds is 3. The van der Waals surface area contributed by atoms with Crippen LogP contribution in [0.2, 0.25) is 0 Å². The van der Waals surface area contributed by atoms with Gasteiger partial charge in [0, 0.05) is 13.1 Å². The Kier molecular flexibility index (Phi) is 5.34. The number of likely N-dealkylation sites (tertiary alicyclic amines) is 1. The summed E-state index contributed by atoms with van der Waals surface area (Å²) in [7, 11) is 0. The summed E-state index contributed by atoms with van der Waals surface area (Å²) in [5.41, 5.74) is -1.83. The van der Waals surface area contributed by atoms with Crippen LogP contribution in [0.15, 0.2) is 18.2 Å². The summed E-state index contributed by atoms with van der Waals surface area (Å²) in [5, 5.41) is 9.67. The first-order valence-electron chi connectivity index (χ1n) is 8.18. The van der Waals surface area contributed by atoms with Crippen LogP contribution in [-0.4, -0.2) is 40.8 Å². The first-order chi connectivity index (χ1) is 11.5. The van der Waals surface area contributed by atoms with Gasteiger partial charge in [0.2, 0.25) is 0 Å². The Morgan fingerprint density at radius 2 is 1.84 bits per heavy atom. The number of carboxylic acid groups (broad SMARTS) is 1. The van der Waals surface area contributed by atoms with Crippen molar-refractivity contribution in [2.45, 2.75) is 45.6 Å². The number of aliphatic carboxylic acids is 1. The van der Waals surface area contributed by atoms with Crippen LogP contribution < -0.4 is 0 Å². The number of halogens is 2. The molecular formula is C18H23F2NO4. The van der Waals surface area contributed by atoms with Crippen molar-refractivity contribution in [1.29, 1.82) is 0 Å². The minimum Gasteiger partial charge on any atom is -0.481 e. The van der Waals surface area contributed by atoms with Crippen LogP contribution in [0.3, 0.4) is 0 Å². The van der Waals surface area contributed by atoms with Gasteiger partial charge in [-0.1, -0.05) is 12.1 Å². The fraction of sp³-hybridized carbons (Fsp3) is 0.556. The highest BCUT2D eigenvalue weighted by Gasteiger charge is 2.43. The zero-order valence-corrected chi connectivity index (χ0v) is 14.6. The van der Waals surface area contributed by atoms with E-state index in [0.29, 0.717) is 0 Å². The molecule has 0 atom stereocenters. The molecule has 1 aromatic rings. The first-order valence-corrected chi connectivity index (χ1v) is 8.18. The van der Waals surface area contributed by atoms with Crippen molar-refractivity contribution in [3.05, 3.63) is 35.4 Å². The molecule has 0 spiro atoms. The van der Waals surface area contributed by atoms with E-state index in [4.69, 9.17) is 4.74 Å². The molecule has 0 aliphatic carbocycles. The van der Waals surface area contributed by atoms with E-state index in [-0.39, 0.29) is 37.9 Å². The molecule has 0 aromatic heterocycles. The topological polar surface area (TPSA) is 66.8 Å². The highest BCUT2D eigenvalue weighted by atomic mass is 19.2. The molecule has 1 N–H and O–H groups in total. The molecule has 1 saturated heterocycles. The highest BCUT2D eigenvalue weighted by Crippen LogP contribution is 2.36. The average Bonchev–Trinajstić information content (AvgIpc) is 2.50. The predicted molar refractivity (Wildman–Crippen MR) is 87.2 cm³/mol. The first kappa shape index (κ1) is 19.1. The standard InChI is InChI=1S/C18H23F2NO4/c1-17(2,3)25-16(24)21-9-7-18(8-10-21,15(22)23)11-12-5-4-6-13(19)14(12)20/h4-6H,7-11H2,1-3H3,(H,22,23). The second-order valence-corrected chi connectivity index (χ2v) is 7.44. The number of hydrogen-bond acceptors (Lipinski definition) is 3. The second-order valence-electron chi connectivity index (χ2n) is 7.44. The molecule has 1 amide bonds. The van der Waals surface area contributed by atoms with Crippen molar-refractivity contribution in [2.24, 2.45) is 5.41 Å². The summed E-state index contributed by atoms with van der Waals surface area (Å²) >= 11 is 0. The summed E-state index contributed by atoms with van der Waals surface area (Å²) in [6.45, 7) is 5.64. The third-order valence-corrected chi connectivity index (χ3v) is 4.39. The molecule has 0 unspecified atom stereocenters. The van der Waals surface area contributed by atoms with Crippen LogP contribution in [0, 0.1) is 17.0 Å². The number of benzene rings is 1. The van der Waals surface area contributed by atoms with E-state index in [2.05, 4.69) is 0 Å². The van der Waals surface area contributed by atoms with Crippen LogP contribution in [0.1, 0.15) is 39.2 Å². The van der Waals surface area contributed by atoms with E-state index in [0.717, 1.165) is 6.07 Å². The summed E-state index contributed by atoms with van der Waals surface area (Å²) in [4.78, 5) is 25.4. The molecule has 2 rings (SSSR count). The van der Waals surface area contributed by atoms with Gasteiger partial charge in [-0.05, 0) is 51.7 Å². The molecule has 7 heteroatoms. The molecule has 5 nitrogen and oxygen atoms in total. The summed E-state index contributed by atoms with van der Waals surface area (Å²) in [5.74, 6) is -3.08. The van der Waals surface area contributed by atoms with Crippen LogP contribution in [0.5, 0.6) is 0 Å². The summed E-state index contributed by atoms with van der Waals surface area (Å²) in [6.07, 6.45) is -0.313. The van der Waals surface area contributed by atoms with Crippen molar-refractivity contribution in [3.8, 4) is 0 Å². The van der Waals surface area contributed by atoms with E-state index in [9.17, 15) is 23.5 Å². The molecule has 138 valence electrons. The van der Waals surface area contributed by atoms with E-state index in [1.165, 1.54) is 17.0 Å². The Balaban J connectivity index is 2.12. The Morgan fingerprint density at radius 3 is 2.36 bits per heavy atom. The number of amides is 1. The monoisotopic (exact) mass is 355 g/mol. The molecule has 0 radical (unpaired) electrons. The van der Waals surface area contributed by atoms with Crippen molar-refractivity contribution >= 4 is 12.1 Å². The predicted octanol–water partition coefficient (Wildman–Crippen LogP) is 3.61. The Hall–Kier alpha value is -2.18. The van der Waals surface area contributed by atoms with Crippen LogP contribution in [0.4, 0.5) is 13.6 Å². The van der Waals surface area contributed by atoms with Crippen molar-refractivity contribution in [1.82, 2.24) is 4.90 Å². The van der Waals surface area contributed by atoms with Gasteiger partial charge in [0.05, 0.1) is 5.41 Å². The lowest BCUT2D eigenvalue weighted by Gasteiger charge is -2.39. The highest BCUT2D eigenvalue weighted by molar-refractivity contribution is 5.76. The zero-order valence-electron chi connectivity index (χ0n) is 14.6. The number of ether oxygens (including phenoxy) is 1. The van der Waals surface area contributed by atoms with E-state index in [1.807, 2.05) is 0 Å². The lowest BCUT2D eigenvalue weighted by molar-refractivity contribution is -0.152. The molecule has 0 saturated carbocycles. The van der Waals surface area contributed by atoms with Crippen molar-refractivity contribution in [2.75, 3.05) is 13.1 Å². The maximum absolute atomic E-state index is 13.9. The third-order valence-electron chi connectivity index (χ3n) is 4.39. The summed E-state index contributed by atoms with van der Waals surface area (Å²) in [6, 6.07) is 3.75. The second kappa shape index (κ2) is 6.98. The lowest BCUT2D eigenvalue weighted by Crippen LogP contribution is -2.48. The van der Waals surface area contributed by atoms with Gasteiger partial charge in [0.1, 0.15) is 5.60 Å². The maximum atomic E-state index is 13.9. The fourth-order valence-electron chi connectivity index (χ4n) is 2.96. The van der Waals surface area contributed by atoms with E-state index >= 15 is 0 Å². The Bertz CT molecular complexity index is 662. The number of hydrogen-bond donors (Lipinski definition) is 1. The van der Waals surface area contributed by atoms with Gasteiger partial charge in [-0.2, -0.15) is 0 Å². The minimum absolute atomic E-state index is 0.0353. The Morgan fingerprint density at radius 1 is 1.24 bits per heavy atom. The molecule has 1 aromatic carbocycles. The molecule has 1 fully saturated rings. The minimum atomic E-state index is -1.23. The lowest BCUT2D eigenvalue weighted by atomic mass is 9.73. The number of carbonyl (C=O) groups excluding carboxylic acids is 1. The van der Waals surface area contributed by atoms with Gasteiger partial charge < -0.3 is 14.7 Å². The molecule has 1 aliphatic heterocycles. The van der Waals surface area contributed by atoms with Crippen LogP contribution in [0.25, 0.3) is 0 Å². The SMILES string of the molecule is CC(C)(C)OC(=O)N1CCC(Cc2cccc(F)c2F)(C(=O)O)CC1. The molecular weight excluding hydrogens is 332 g/mol. The summed E-state index contributed by atoms with van der Waals surface area (Å²) < 4.78 is 32.6. The van der Waals surface area contributed by atoms with E-state index < -0.39 is 34.7 Å². The number of nitrogens with zero attached hydrogens (tertiary/aromatic N) is 1. The fourth-order valence-corrected chi connectivity index (χ4v) is 2.96. The van der Waals surface area contributed by atoms with Gasteiger partial charge in [0.25, 0.3) is 0 Å². The average molecular weight is 355 g/mol. The number of piperidine rings is 1. The van der Waals surface area contributed by atoms with Gasteiger partial charge in [-0.3, -0.25) is 4.79 Å². The molecule has 0 bridgehead atoms. The molecule has 1 heterocycles. The van der Waals surface area contributed by atoms with Gasteiger partial charge in [-0.15, -0.1) is 0 Å². The van der Waals surface area contributed by atoms with Gasteiger partial charge in [-0.25, -0.2) is 13.6 Å². The maximum Gasteiger partial charge on any atom is 0.410 e. The molecule has 25 heavy (non-hydrogen) atoms.